The molecule has 194 valence electrons. The van der Waals surface area contributed by atoms with Gasteiger partial charge in [0.05, 0.1) is 24.4 Å². The van der Waals surface area contributed by atoms with Crippen molar-refractivity contribution in [3.8, 4) is 17.2 Å². The molecule has 0 fully saturated rings. The first-order valence-electron chi connectivity index (χ1n) is 11.5. The Labute approximate surface area is 229 Å². The summed E-state index contributed by atoms with van der Waals surface area (Å²) in [6.07, 6.45) is 1.49. The SMILES string of the molecule is CCOc1ccc(NC(=O)CCC(=O)NN=Cc2cc(Br)c(OCc3ccc(Cl)cc3)c(OC)c2)cc1. The Morgan fingerprint density at radius 3 is 2.38 bits per heavy atom. The monoisotopic (exact) mass is 587 g/mol. The molecule has 0 atom stereocenters. The van der Waals surface area contributed by atoms with Crippen LogP contribution in [0.4, 0.5) is 5.69 Å². The Balaban J connectivity index is 1.48. The molecule has 0 saturated carbocycles. The van der Waals surface area contributed by atoms with Gasteiger partial charge < -0.3 is 19.5 Å². The molecule has 0 aromatic heterocycles. The van der Waals surface area contributed by atoms with Gasteiger partial charge in [-0.05, 0) is 82.5 Å². The number of hydrogen-bond donors (Lipinski definition) is 2. The lowest BCUT2D eigenvalue weighted by atomic mass is 10.2. The normalized spacial score (nSPS) is 10.7. The first kappa shape index (κ1) is 28.0. The number of hydrogen-bond acceptors (Lipinski definition) is 6. The number of hydrazone groups is 1. The van der Waals surface area contributed by atoms with Gasteiger partial charge in [0, 0.05) is 23.6 Å². The zero-order valence-electron chi connectivity index (χ0n) is 20.4. The molecule has 0 aliphatic rings. The zero-order chi connectivity index (χ0) is 26.6. The molecule has 8 nitrogen and oxygen atoms in total. The lowest BCUT2D eigenvalue weighted by Crippen LogP contribution is -2.20. The van der Waals surface area contributed by atoms with Crippen LogP contribution in [-0.4, -0.2) is 31.7 Å². The van der Waals surface area contributed by atoms with Crippen molar-refractivity contribution in [2.75, 3.05) is 19.0 Å². The van der Waals surface area contributed by atoms with Crippen LogP contribution < -0.4 is 25.0 Å². The van der Waals surface area contributed by atoms with Crippen LogP contribution in [0.15, 0.2) is 70.2 Å². The molecular formula is C27H27BrClN3O5. The van der Waals surface area contributed by atoms with Gasteiger partial charge in [-0.1, -0.05) is 23.7 Å². The van der Waals surface area contributed by atoms with Crippen LogP contribution in [0.5, 0.6) is 17.2 Å². The van der Waals surface area contributed by atoms with Gasteiger partial charge in [0.25, 0.3) is 0 Å². The smallest absolute Gasteiger partial charge is 0.240 e. The minimum atomic E-state index is -0.382. The fraction of sp³-hybridized carbons (Fsp3) is 0.222. The average molecular weight is 589 g/mol. The molecule has 0 spiro atoms. The Kier molecular flexibility index (Phi) is 10.8. The summed E-state index contributed by atoms with van der Waals surface area (Å²) in [7, 11) is 1.54. The van der Waals surface area contributed by atoms with E-state index < -0.39 is 0 Å². The standard InChI is InChI=1S/C27H27BrClN3O5/c1-3-36-22-10-8-21(9-11-22)31-25(33)12-13-26(34)32-30-16-19-14-23(28)27(24(15-19)35-2)37-17-18-4-6-20(29)7-5-18/h4-11,14-16H,3,12-13,17H2,1-2H3,(H,31,33)(H,32,34). The van der Waals surface area contributed by atoms with Crippen molar-refractivity contribution in [3.05, 3.63) is 81.3 Å². The summed E-state index contributed by atoms with van der Waals surface area (Å²) in [5.74, 6) is 1.11. The Hall–Kier alpha value is -3.56. The predicted molar refractivity (Wildman–Crippen MR) is 148 cm³/mol. The van der Waals surface area contributed by atoms with Gasteiger partial charge in [-0.3, -0.25) is 9.59 Å². The van der Waals surface area contributed by atoms with Crippen LogP contribution >= 0.6 is 27.5 Å². The number of anilines is 1. The Morgan fingerprint density at radius 2 is 1.70 bits per heavy atom. The second-order valence-corrected chi connectivity index (χ2v) is 9.04. The zero-order valence-corrected chi connectivity index (χ0v) is 22.8. The van der Waals surface area contributed by atoms with Crippen LogP contribution in [0.2, 0.25) is 5.02 Å². The molecule has 0 bridgehead atoms. The van der Waals surface area contributed by atoms with Crippen LogP contribution in [0.25, 0.3) is 0 Å². The van der Waals surface area contributed by atoms with E-state index in [-0.39, 0.29) is 24.7 Å². The number of ether oxygens (including phenoxy) is 3. The van der Waals surface area contributed by atoms with Gasteiger partial charge in [-0.15, -0.1) is 0 Å². The third-order valence-corrected chi connectivity index (χ3v) is 5.82. The van der Waals surface area contributed by atoms with Gasteiger partial charge >= 0.3 is 0 Å². The second-order valence-electron chi connectivity index (χ2n) is 7.75. The molecule has 0 unspecified atom stereocenters. The molecule has 37 heavy (non-hydrogen) atoms. The minimum absolute atomic E-state index is 0.00923. The molecule has 3 rings (SSSR count). The number of halogens is 2. The highest BCUT2D eigenvalue weighted by atomic mass is 79.9. The molecule has 0 saturated heterocycles. The number of nitrogens with one attached hydrogen (secondary N) is 2. The van der Waals surface area contributed by atoms with Gasteiger partial charge in [0.1, 0.15) is 12.4 Å². The third kappa shape index (κ3) is 9.11. The van der Waals surface area contributed by atoms with Crippen molar-refractivity contribution in [3.63, 3.8) is 0 Å². The fourth-order valence-corrected chi connectivity index (χ4v) is 3.88. The van der Waals surface area contributed by atoms with E-state index in [4.69, 9.17) is 25.8 Å². The van der Waals surface area contributed by atoms with E-state index in [9.17, 15) is 9.59 Å². The van der Waals surface area contributed by atoms with Gasteiger partial charge in [0.15, 0.2) is 11.5 Å². The fourth-order valence-electron chi connectivity index (χ4n) is 3.18. The van der Waals surface area contributed by atoms with Crippen molar-refractivity contribution < 1.29 is 23.8 Å². The summed E-state index contributed by atoms with van der Waals surface area (Å²) < 4.78 is 17.4. The predicted octanol–water partition coefficient (Wildman–Crippen LogP) is 5.96. The van der Waals surface area contributed by atoms with Crippen LogP contribution in [0.3, 0.4) is 0 Å². The van der Waals surface area contributed by atoms with E-state index in [1.165, 1.54) is 13.3 Å². The second kappa shape index (κ2) is 14.2. The first-order chi connectivity index (χ1) is 17.9. The van der Waals surface area contributed by atoms with Crippen LogP contribution in [0.1, 0.15) is 30.9 Å². The quantitative estimate of drug-likeness (QED) is 0.201. The third-order valence-electron chi connectivity index (χ3n) is 4.98. The molecule has 10 heteroatoms. The van der Waals surface area contributed by atoms with Gasteiger partial charge in [-0.25, -0.2) is 5.43 Å². The summed E-state index contributed by atoms with van der Waals surface area (Å²) in [5.41, 5.74) is 4.70. The highest BCUT2D eigenvalue weighted by molar-refractivity contribution is 9.10. The molecule has 2 amide bonds. The van der Waals surface area contributed by atoms with Crippen molar-refractivity contribution >= 4 is 51.2 Å². The number of carbonyl (C=O) groups is 2. The van der Waals surface area contributed by atoms with E-state index in [2.05, 4.69) is 31.8 Å². The number of rotatable bonds is 12. The highest BCUT2D eigenvalue weighted by Crippen LogP contribution is 2.37. The molecule has 2 N–H and O–H groups in total. The molecule has 0 aliphatic carbocycles. The maximum atomic E-state index is 12.1. The molecule has 3 aromatic carbocycles. The van der Waals surface area contributed by atoms with Gasteiger partial charge in [-0.2, -0.15) is 5.10 Å². The van der Waals surface area contributed by atoms with Crippen LogP contribution in [0, 0.1) is 0 Å². The lowest BCUT2D eigenvalue weighted by molar-refractivity contribution is -0.124. The number of amides is 2. The van der Waals surface area contributed by atoms with E-state index in [0.717, 1.165) is 11.3 Å². The molecule has 0 aliphatic heterocycles. The van der Waals surface area contributed by atoms with E-state index in [1.807, 2.05) is 19.1 Å². The van der Waals surface area contributed by atoms with Crippen molar-refractivity contribution in [1.29, 1.82) is 0 Å². The van der Waals surface area contributed by atoms with Crippen molar-refractivity contribution in [2.45, 2.75) is 26.4 Å². The number of carbonyl (C=O) groups excluding carboxylic acids is 2. The molecule has 0 radical (unpaired) electrons. The first-order valence-corrected chi connectivity index (χ1v) is 12.6. The Morgan fingerprint density at radius 1 is 1.00 bits per heavy atom. The van der Waals surface area contributed by atoms with Crippen LogP contribution in [-0.2, 0) is 16.2 Å². The summed E-state index contributed by atoms with van der Waals surface area (Å²) in [5, 5.41) is 7.38. The summed E-state index contributed by atoms with van der Waals surface area (Å²) in [6.45, 7) is 2.80. The van der Waals surface area contributed by atoms with Crippen molar-refractivity contribution in [1.82, 2.24) is 5.43 Å². The average Bonchev–Trinajstić information content (AvgIpc) is 2.89. The summed E-state index contributed by atoms with van der Waals surface area (Å²) in [6, 6.07) is 17.9. The summed E-state index contributed by atoms with van der Waals surface area (Å²) >= 11 is 9.42. The maximum Gasteiger partial charge on any atom is 0.240 e. The topological polar surface area (TPSA) is 98.2 Å². The maximum absolute atomic E-state index is 12.1. The lowest BCUT2D eigenvalue weighted by Gasteiger charge is -2.13. The molecular weight excluding hydrogens is 562 g/mol. The van der Waals surface area contributed by atoms with Gasteiger partial charge in [0.2, 0.25) is 11.8 Å². The number of methoxy groups -OCH3 is 1. The minimum Gasteiger partial charge on any atom is -0.494 e. The molecule has 3 aromatic rings. The Bertz CT molecular complexity index is 1230. The number of nitrogens with zero attached hydrogens (tertiary/aromatic N) is 1. The van der Waals surface area contributed by atoms with E-state index in [0.29, 0.717) is 45.5 Å². The van der Waals surface area contributed by atoms with E-state index in [1.54, 1.807) is 48.5 Å². The highest BCUT2D eigenvalue weighted by Gasteiger charge is 2.12. The molecule has 0 heterocycles. The number of benzene rings is 3. The largest absolute Gasteiger partial charge is 0.494 e. The van der Waals surface area contributed by atoms with Crippen molar-refractivity contribution in [2.24, 2.45) is 5.10 Å². The van der Waals surface area contributed by atoms with E-state index >= 15 is 0 Å². The summed E-state index contributed by atoms with van der Waals surface area (Å²) in [4.78, 5) is 24.2.